The van der Waals surface area contributed by atoms with Gasteiger partial charge in [-0.25, -0.2) is 0 Å². The maximum atomic E-state index is 11.3. The minimum Gasteiger partial charge on any atom is -0.324 e. The summed E-state index contributed by atoms with van der Waals surface area (Å²) in [6.45, 7) is 3.27. The predicted octanol–water partition coefficient (Wildman–Crippen LogP) is 2.05. The van der Waals surface area contributed by atoms with Gasteiger partial charge in [0.15, 0.2) is 0 Å². The van der Waals surface area contributed by atoms with Gasteiger partial charge in [-0.15, -0.1) is 0 Å². The Labute approximate surface area is 102 Å². The SMILES string of the molecule is CCCCC(CCC(=O)CC(C)=O)P(=O)(O)O. The summed E-state index contributed by atoms with van der Waals surface area (Å²) >= 11 is 0. The van der Waals surface area contributed by atoms with Gasteiger partial charge >= 0.3 is 7.60 Å². The maximum Gasteiger partial charge on any atom is 0.328 e. The summed E-state index contributed by atoms with van der Waals surface area (Å²) in [6.07, 6.45) is 2.11. The summed E-state index contributed by atoms with van der Waals surface area (Å²) in [4.78, 5) is 40.2. The lowest BCUT2D eigenvalue weighted by Crippen LogP contribution is -2.12. The van der Waals surface area contributed by atoms with Crippen molar-refractivity contribution in [3.05, 3.63) is 0 Å². The topological polar surface area (TPSA) is 91.7 Å². The summed E-state index contributed by atoms with van der Waals surface area (Å²) in [6, 6.07) is 0. The second-order valence-electron chi connectivity index (χ2n) is 4.34. The molecule has 0 saturated carbocycles. The smallest absolute Gasteiger partial charge is 0.324 e. The summed E-state index contributed by atoms with van der Waals surface area (Å²) in [7, 11) is -4.13. The molecular formula is C11H21O5P. The molecule has 100 valence electrons. The molecular weight excluding hydrogens is 243 g/mol. The van der Waals surface area contributed by atoms with Crippen molar-refractivity contribution >= 4 is 19.2 Å². The minimum atomic E-state index is -4.13. The zero-order valence-corrected chi connectivity index (χ0v) is 11.3. The Kier molecular flexibility index (Phi) is 7.51. The first-order chi connectivity index (χ1) is 7.77. The Morgan fingerprint density at radius 1 is 1.24 bits per heavy atom. The van der Waals surface area contributed by atoms with Crippen molar-refractivity contribution in [2.75, 3.05) is 0 Å². The van der Waals surface area contributed by atoms with Crippen LogP contribution in [0, 0.1) is 0 Å². The Morgan fingerprint density at radius 2 is 1.82 bits per heavy atom. The van der Waals surface area contributed by atoms with Crippen molar-refractivity contribution in [3.63, 3.8) is 0 Å². The fraction of sp³-hybridized carbons (Fsp3) is 0.818. The molecule has 0 amide bonds. The quantitative estimate of drug-likeness (QED) is 0.491. The predicted molar refractivity (Wildman–Crippen MR) is 64.9 cm³/mol. The van der Waals surface area contributed by atoms with E-state index in [0.717, 1.165) is 12.8 Å². The second kappa shape index (κ2) is 7.75. The highest BCUT2D eigenvalue weighted by molar-refractivity contribution is 7.52. The van der Waals surface area contributed by atoms with Crippen LogP contribution in [0.4, 0.5) is 0 Å². The fourth-order valence-electron chi connectivity index (χ4n) is 1.61. The van der Waals surface area contributed by atoms with E-state index in [1.165, 1.54) is 6.92 Å². The first-order valence-electron chi connectivity index (χ1n) is 5.83. The van der Waals surface area contributed by atoms with E-state index in [9.17, 15) is 14.2 Å². The summed E-state index contributed by atoms with van der Waals surface area (Å²) in [5, 5.41) is 0. The summed E-state index contributed by atoms with van der Waals surface area (Å²) in [5.74, 6) is -0.455. The van der Waals surface area contributed by atoms with Crippen molar-refractivity contribution in [3.8, 4) is 0 Å². The van der Waals surface area contributed by atoms with E-state index in [4.69, 9.17) is 9.79 Å². The van der Waals surface area contributed by atoms with Crippen LogP contribution in [0.2, 0.25) is 0 Å². The van der Waals surface area contributed by atoms with E-state index in [0.29, 0.717) is 6.42 Å². The molecule has 0 saturated heterocycles. The number of rotatable bonds is 9. The molecule has 0 heterocycles. The Hall–Kier alpha value is -0.510. The van der Waals surface area contributed by atoms with E-state index in [1.54, 1.807) is 0 Å². The van der Waals surface area contributed by atoms with Gasteiger partial charge in [-0.05, 0) is 19.8 Å². The fourth-order valence-corrected chi connectivity index (χ4v) is 2.60. The Bertz CT molecular complexity index is 307. The van der Waals surface area contributed by atoms with E-state index in [2.05, 4.69) is 0 Å². The number of hydrogen-bond acceptors (Lipinski definition) is 3. The molecule has 0 aromatic heterocycles. The third-order valence-corrected chi connectivity index (χ3v) is 4.04. The lowest BCUT2D eigenvalue weighted by atomic mass is 10.1. The first kappa shape index (κ1) is 16.5. The van der Waals surface area contributed by atoms with Crippen LogP contribution in [0.5, 0.6) is 0 Å². The minimum absolute atomic E-state index is 0.0685. The molecule has 0 aromatic rings. The normalized spacial score (nSPS) is 13.4. The van der Waals surface area contributed by atoms with Gasteiger partial charge in [0.1, 0.15) is 11.6 Å². The number of Topliss-reactive ketones (excluding diaryl/α,β-unsaturated/α-hetero) is 2. The molecule has 0 aromatic carbocycles. The van der Waals surface area contributed by atoms with Gasteiger partial charge in [0.25, 0.3) is 0 Å². The third kappa shape index (κ3) is 8.25. The molecule has 0 radical (unpaired) electrons. The molecule has 0 aliphatic heterocycles. The van der Waals surface area contributed by atoms with Crippen LogP contribution in [-0.2, 0) is 14.2 Å². The number of carbonyl (C=O) groups is 2. The van der Waals surface area contributed by atoms with Crippen LogP contribution < -0.4 is 0 Å². The average Bonchev–Trinajstić information content (AvgIpc) is 2.14. The highest BCUT2D eigenvalue weighted by Gasteiger charge is 2.28. The van der Waals surface area contributed by atoms with Crippen molar-refractivity contribution in [1.82, 2.24) is 0 Å². The second-order valence-corrected chi connectivity index (χ2v) is 6.25. The average molecular weight is 264 g/mol. The molecule has 0 bridgehead atoms. The number of unbranched alkanes of at least 4 members (excludes halogenated alkanes) is 1. The van der Waals surface area contributed by atoms with E-state index < -0.39 is 13.3 Å². The van der Waals surface area contributed by atoms with E-state index in [-0.39, 0.29) is 30.8 Å². The molecule has 1 atom stereocenters. The molecule has 6 heteroatoms. The molecule has 17 heavy (non-hydrogen) atoms. The molecule has 2 N–H and O–H groups in total. The Balaban J connectivity index is 4.21. The molecule has 5 nitrogen and oxygen atoms in total. The standard InChI is InChI=1S/C11H21O5P/c1-3-4-5-11(17(14,15)16)7-6-10(13)8-9(2)12/h11H,3-8H2,1-2H3,(H2,14,15,16). The highest BCUT2D eigenvalue weighted by atomic mass is 31.2. The van der Waals surface area contributed by atoms with Gasteiger partial charge < -0.3 is 9.79 Å². The third-order valence-electron chi connectivity index (χ3n) is 2.57. The molecule has 0 fully saturated rings. The zero-order valence-electron chi connectivity index (χ0n) is 10.4. The van der Waals surface area contributed by atoms with Crippen molar-refractivity contribution in [2.45, 2.75) is 58.0 Å². The highest BCUT2D eigenvalue weighted by Crippen LogP contribution is 2.45. The lowest BCUT2D eigenvalue weighted by Gasteiger charge is -2.17. The monoisotopic (exact) mass is 264 g/mol. The van der Waals surface area contributed by atoms with Crippen LogP contribution in [0.25, 0.3) is 0 Å². The first-order valence-corrected chi connectivity index (χ1v) is 7.51. The van der Waals surface area contributed by atoms with Crippen LogP contribution in [-0.4, -0.2) is 27.0 Å². The maximum absolute atomic E-state index is 11.3. The van der Waals surface area contributed by atoms with Crippen LogP contribution in [0.1, 0.15) is 52.4 Å². The number of carbonyl (C=O) groups excluding carboxylic acids is 2. The van der Waals surface area contributed by atoms with Crippen LogP contribution in [0.15, 0.2) is 0 Å². The van der Waals surface area contributed by atoms with Crippen LogP contribution in [0.3, 0.4) is 0 Å². The van der Waals surface area contributed by atoms with Gasteiger partial charge in [0.2, 0.25) is 0 Å². The molecule has 1 unspecified atom stereocenters. The van der Waals surface area contributed by atoms with Crippen LogP contribution >= 0.6 is 7.60 Å². The van der Waals surface area contributed by atoms with Crippen molar-refractivity contribution in [2.24, 2.45) is 0 Å². The molecule has 0 rings (SSSR count). The van der Waals surface area contributed by atoms with Gasteiger partial charge in [0.05, 0.1) is 12.1 Å². The van der Waals surface area contributed by atoms with Crippen molar-refractivity contribution < 1.29 is 23.9 Å². The van der Waals surface area contributed by atoms with Gasteiger partial charge in [0, 0.05) is 6.42 Å². The molecule has 0 spiro atoms. The largest absolute Gasteiger partial charge is 0.328 e. The summed E-state index contributed by atoms with van der Waals surface area (Å²) in [5.41, 5.74) is -0.752. The summed E-state index contributed by atoms with van der Waals surface area (Å²) < 4.78 is 11.2. The molecule has 0 aliphatic rings. The van der Waals surface area contributed by atoms with E-state index in [1.807, 2.05) is 6.92 Å². The lowest BCUT2D eigenvalue weighted by molar-refractivity contribution is -0.125. The van der Waals surface area contributed by atoms with E-state index >= 15 is 0 Å². The number of ketones is 2. The number of hydrogen-bond donors (Lipinski definition) is 2. The Morgan fingerprint density at radius 3 is 2.24 bits per heavy atom. The van der Waals surface area contributed by atoms with Gasteiger partial charge in [-0.2, -0.15) is 0 Å². The van der Waals surface area contributed by atoms with Gasteiger partial charge in [-0.1, -0.05) is 19.8 Å². The van der Waals surface area contributed by atoms with Crippen molar-refractivity contribution in [1.29, 1.82) is 0 Å². The van der Waals surface area contributed by atoms with Gasteiger partial charge in [-0.3, -0.25) is 14.2 Å². The molecule has 0 aliphatic carbocycles. The zero-order chi connectivity index (χ0) is 13.5.